The zero-order chi connectivity index (χ0) is 21.3. The van der Waals surface area contributed by atoms with Crippen LogP contribution < -0.4 is 15.0 Å². The number of aromatic nitrogens is 2. The summed E-state index contributed by atoms with van der Waals surface area (Å²) < 4.78 is 12.0. The molecule has 1 atom stereocenters. The van der Waals surface area contributed by atoms with Gasteiger partial charge in [-0.05, 0) is 44.4 Å². The molecular weight excluding hydrogens is 382 g/mol. The molecule has 1 aliphatic heterocycles. The largest absolute Gasteiger partial charge is 0.497 e. The standard InChI is InChI=1S/C23H25N3O4/c1-15-8-6-7-13-25(15)23(28)21-17-9-4-5-10-18(17)22(27)26(24-21)19-12-11-16(29-2)14-20(19)30-3/h4-5,9-12,14-15H,6-8,13H2,1-3H3/t15-/m1/s1. The third-order valence-corrected chi connectivity index (χ3v) is 5.69. The molecule has 0 saturated carbocycles. The summed E-state index contributed by atoms with van der Waals surface area (Å²) in [6, 6.07) is 12.4. The van der Waals surface area contributed by atoms with E-state index in [1.807, 2.05) is 11.0 Å². The molecule has 1 aromatic heterocycles. The average molecular weight is 407 g/mol. The van der Waals surface area contributed by atoms with Gasteiger partial charge >= 0.3 is 0 Å². The molecule has 3 aromatic rings. The van der Waals surface area contributed by atoms with Gasteiger partial charge in [-0.25, -0.2) is 0 Å². The topological polar surface area (TPSA) is 73.7 Å². The number of carbonyl (C=O) groups excluding carboxylic acids is 1. The molecule has 0 radical (unpaired) electrons. The summed E-state index contributed by atoms with van der Waals surface area (Å²) in [6.07, 6.45) is 3.05. The van der Waals surface area contributed by atoms with Crippen molar-refractivity contribution in [2.24, 2.45) is 0 Å². The van der Waals surface area contributed by atoms with Crippen LogP contribution in [0.4, 0.5) is 0 Å². The minimum Gasteiger partial charge on any atom is -0.497 e. The maximum Gasteiger partial charge on any atom is 0.279 e. The van der Waals surface area contributed by atoms with Crippen molar-refractivity contribution in [3.8, 4) is 17.2 Å². The molecule has 1 fully saturated rings. The fourth-order valence-electron chi connectivity index (χ4n) is 4.01. The van der Waals surface area contributed by atoms with E-state index in [2.05, 4.69) is 12.0 Å². The lowest BCUT2D eigenvalue weighted by Gasteiger charge is -2.33. The Balaban J connectivity index is 1.94. The molecule has 0 spiro atoms. The number of rotatable bonds is 4. The number of likely N-dealkylation sites (tertiary alicyclic amines) is 1. The smallest absolute Gasteiger partial charge is 0.279 e. The molecule has 7 nitrogen and oxygen atoms in total. The summed E-state index contributed by atoms with van der Waals surface area (Å²) in [5.41, 5.74) is 0.420. The number of ether oxygens (including phenoxy) is 2. The number of fused-ring (bicyclic) bond motifs is 1. The fraction of sp³-hybridized carbons (Fsp3) is 0.348. The van der Waals surface area contributed by atoms with E-state index in [1.54, 1.807) is 43.5 Å². The predicted octanol–water partition coefficient (Wildman–Crippen LogP) is 3.42. The van der Waals surface area contributed by atoms with Crippen molar-refractivity contribution in [1.29, 1.82) is 0 Å². The van der Waals surface area contributed by atoms with Crippen LogP contribution in [0, 0.1) is 0 Å². The quantitative estimate of drug-likeness (QED) is 0.663. The van der Waals surface area contributed by atoms with Crippen LogP contribution >= 0.6 is 0 Å². The van der Waals surface area contributed by atoms with Gasteiger partial charge in [-0.15, -0.1) is 0 Å². The SMILES string of the molecule is COc1ccc(-n2nc(C(=O)N3CCCC[C@H]3C)c3ccccc3c2=O)c(OC)c1. The van der Waals surface area contributed by atoms with Crippen molar-refractivity contribution in [1.82, 2.24) is 14.7 Å². The van der Waals surface area contributed by atoms with E-state index in [0.29, 0.717) is 34.5 Å². The lowest BCUT2D eigenvalue weighted by molar-refractivity contribution is 0.0630. The number of piperidine rings is 1. The van der Waals surface area contributed by atoms with Gasteiger partial charge in [0.05, 0.1) is 19.6 Å². The van der Waals surface area contributed by atoms with E-state index < -0.39 is 0 Å². The minimum absolute atomic E-state index is 0.141. The van der Waals surface area contributed by atoms with Crippen molar-refractivity contribution in [3.63, 3.8) is 0 Å². The first kappa shape index (κ1) is 19.9. The highest BCUT2D eigenvalue weighted by Crippen LogP contribution is 2.28. The second-order valence-corrected chi connectivity index (χ2v) is 7.49. The van der Waals surface area contributed by atoms with Crippen molar-refractivity contribution in [2.45, 2.75) is 32.2 Å². The maximum atomic E-state index is 13.5. The Morgan fingerprint density at radius 2 is 1.83 bits per heavy atom. The van der Waals surface area contributed by atoms with Crippen molar-refractivity contribution < 1.29 is 14.3 Å². The third-order valence-electron chi connectivity index (χ3n) is 5.69. The Bertz CT molecular complexity index is 1150. The molecule has 7 heteroatoms. The van der Waals surface area contributed by atoms with Crippen LogP contribution in [0.3, 0.4) is 0 Å². The van der Waals surface area contributed by atoms with Crippen LogP contribution in [0.15, 0.2) is 47.3 Å². The van der Waals surface area contributed by atoms with Gasteiger partial charge in [-0.1, -0.05) is 18.2 Å². The third kappa shape index (κ3) is 3.40. The lowest BCUT2D eigenvalue weighted by atomic mass is 10.0. The van der Waals surface area contributed by atoms with Gasteiger partial charge in [-0.3, -0.25) is 9.59 Å². The number of methoxy groups -OCH3 is 2. The molecule has 156 valence electrons. The molecule has 1 saturated heterocycles. The van der Waals surface area contributed by atoms with Crippen LogP contribution in [-0.2, 0) is 0 Å². The van der Waals surface area contributed by atoms with Crippen LogP contribution in [0.2, 0.25) is 0 Å². The van der Waals surface area contributed by atoms with Crippen LogP contribution in [0.1, 0.15) is 36.7 Å². The van der Waals surface area contributed by atoms with Gasteiger partial charge in [0.15, 0.2) is 5.69 Å². The molecule has 2 heterocycles. The normalized spacial score (nSPS) is 16.5. The lowest BCUT2D eigenvalue weighted by Crippen LogP contribution is -2.43. The number of benzene rings is 2. The van der Waals surface area contributed by atoms with E-state index in [0.717, 1.165) is 19.3 Å². The predicted molar refractivity (Wildman–Crippen MR) is 115 cm³/mol. The molecule has 0 aliphatic carbocycles. The maximum absolute atomic E-state index is 13.5. The number of carbonyl (C=O) groups is 1. The molecule has 0 unspecified atom stereocenters. The Hall–Kier alpha value is -3.35. The summed E-state index contributed by atoms with van der Waals surface area (Å²) in [5, 5.41) is 5.54. The second-order valence-electron chi connectivity index (χ2n) is 7.49. The van der Waals surface area contributed by atoms with Crippen LogP contribution in [-0.4, -0.2) is 47.4 Å². The highest BCUT2D eigenvalue weighted by Gasteiger charge is 2.28. The Labute approximate surface area is 174 Å². The van der Waals surface area contributed by atoms with Gasteiger partial charge in [0.25, 0.3) is 11.5 Å². The van der Waals surface area contributed by atoms with Crippen molar-refractivity contribution in [3.05, 3.63) is 58.5 Å². The molecule has 0 bridgehead atoms. The molecular formula is C23H25N3O4. The van der Waals surface area contributed by atoms with Gasteiger partial charge in [0.2, 0.25) is 0 Å². The first-order valence-electron chi connectivity index (χ1n) is 10.1. The Morgan fingerprint density at radius 1 is 1.07 bits per heavy atom. The summed E-state index contributed by atoms with van der Waals surface area (Å²) in [5.74, 6) is 0.881. The van der Waals surface area contributed by atoms with E-state index >= 15 is 0 Å². The molecule has 2 aromatic carbocycles. The van der Waals surface area contributed by atoms with Crippen LogP contribution in [0.25, 0.3) is 16.5 Å². The number of nitrogens with zero attached hydrogens (tertiary/aromatic N) is 3. The first-order chi connectivity index (χ1) is 14.5. The highest BCUT2D eigenvalue weighted by atomic mass is 16.5. The van der Waals surface area contributed by atoms with Gasteiger partial charge in [0.1, 0.15) is 17.2 Å². The monoisotopic (exact) mass is 407 g/mol. The Morgan fingerprint density at radius 3 is 2.53 bits per heavy atom. The minimum atomic E-state index is -0.308. The molecule has 1 amide bonds. The first-order valence-corrected chi connectivity index (χ1v) is 10.1. The van der Waals surface area contributed by atoms with Gasteiger partial charge < -0.3 is 14.4 Å². The number of amides is 1. The van der Waals surface area contributed by atoms with Crippen molar-refractivity contribution in [2.75, 3.05) is 20.8 Å². The zero-order valence-electron chi connectivity index (χ0n) is 17.4. The molecule has 30 heavy (non-hydrogen) atoms. The van der Waals surface area contributed by atoms with Gasteiger partial charge in [0, 0.05) is 24.0 Å². The fourth-order valence-corrected chi connectivity index (χ4v) is 4.01. The molecule has 4 rings (SSSR count). The van der Waals surface area contributed by atoms with Crippen molar-refractivity contribution >= 4 is 16.7 Å². The van der Waals surface area contributed by atoms with Crippen LogP contribution in [0.5, 0.6) is 11.5 Å². The Kier molecular flexibility index (Phi) is 5.44. The summed E-state index contributed by atoms with van der Waals surface area (Å²) in [7, 11) is 3.08. The summed E-state index contributed by atoms with van der Waals surface area (Å²) >= 11 is 0. The van der Waals surface area contributed by atoms with E-state index in [9.17, 15) is 9.59 Å². The number of hydrogen-bond acceptors (Lipinski definition) is 5. The second kappa shape index (κ2) is 8.18. The number of hydrogen-bond donors (Lipinski definition) is 0. The average Bonchev–Trinajstić information content (AvgIpc) is 2.79. The molecule has 1 aliphatic rings. The van der Waals surface area contributed by atoms with E-state index in [4.69, 9.17) is 9.47 Å². The van der Waals surface area contributed by atoms with E-state index in [1.165, 1.54) is 11.8 Å². The van der Waals surface area contributed by atoms with Gasteiger partial charge in [-0.2, -0.15) is 9.78 Å². The zero-order valence-corrected chi connectivity index (χ0v) is 17.4. The highest BCUT2D eigenvalue weighted by molar-refractivity contribution is 6.05. The molecule has 0 N–H and O–H groups in total. The van der Waals surface area contributed by atoms with E-state index in [-0.39, 0.29) is 23.2 Å². The summed E-state index contributed by atoms with van der Waals surface area (Å²) in [6.45, 7) is 2.75. The summed E-state index contributed by atoms with van der Waals surface area (Å²) in [4.78, 5) is 28.6.